The van der Waals surface area contributed by atoms with Gasteiger partial charge in [0.2, 0.25) is 0 Å². The quantitative estimate of drug-likeness (QED) is 0.799. The van der Waals surface area contributed by atoms with E-state index in [1.807, 2.05) is 6.20 Å². The molecule has 1 aliphatic heterocycles. The van der Waals surface area contributed by atoms with E-state index < -0.39 is 6.09 Å². The Morgan fingerprint density at radius 2 is 2.00 bits per heavy atom. The molecule has 3 rings (SSSR count). The second-order valence-electron chi connectivity index (χ2n) is 7.28. The third-order valence-electron chi connectivity index (χ3n) is 4.69. The van der Waals surface area contributed by atoms with E-state index in [-0.39, 0.29) is 11.0 Å². The summed E-state index contributed by atoms with van der Waals surface area (Å²) in [4.78, 5) is 12.6. The lowest BCUT2D eigenvalue weighted by Gasteiger charge is -2.40. The molecule has 114 valence electrons. The van der Waals surface area contributed by atoms with Crippen LogP contribution in [0, 0.1) is 5.41 Å². The summed E-state index contributed by atoms with van der Waals surface area (Å²) in [6.07, 6.45) is 8.43. The predicted molar refractivity (Wildman–Crippen MR) is 81.2 cm³/mol. The summed E-state index contributed by atoms with van der Waals surface area (Å²) in [6.45, 7) is 7.72. The molecule has 2 heterocycles. The van der Waals surface area contributed by atoms with Gasteiger partial charge in [0, 0.05) is 13.1 Å². The highest BCUT2D eigenvalue weighted by atomic mass is 16.4. The van der Waals surface area contributed by atoms with Crippen LogP contribution >= 0.6 is 0 Å². The highest BCUT2D eigenvalue weighted by Crippen LogP contribution is 2.41. The smallest absolute Gasteiger partial charge is 0.407 e. The predicted octanol–water partition coefficient (Wildman–Crippen LogP) is 2.97. The summed E-state index contributed by atoms with van der Waals surface area (Å²) < 4.78 is 2.08. The zero-order chi connectivity index (χ0) is 15.3. The summed E-state index contributed by atoms with van der Waals surface area (Å²) in [5, 5.41) is 13.6. The maximum atomic E-state index is 11.0. The average molecular weight is 289 g/mol. The van der Waals surface area contributed by atoms with E-state index in [9.17, 15) is 4.79 Å². The van der Waals surface area contributed by atoms with Gasteiger partial charge in [0.1, 0.15) is 0 Å². The van der Waals surface area contributed by atoms with Crippen molar-refractivity contribution >= 4 is 12.2 Å². The van der Waals surface area contributed by atoms with Gasteiger partial charge in [-0.25, -0.2) is 4.79 Å². The van der Waals surface area contributed by atoms with Crippen LogP contribution in [0.15, 0.2) is 12.3 Å². The molecule has 1 amide bonds. The van der Waals surface area contributed by atoms with Crippen LogP contribution in [0.25, 0.3) is 6.08 Å². The second kappa shape index (κ2) is 4.61. The molecular weight excluding hydrogens is 266 g/mol. The first-order chi connectivity index (χ1) is 9.81. The van der Waals surface area contributed by atoms with Gasteiger partial charge in [-0.05, 0) is 57.1 Å². The fourth-order valence-electron chi connectivity index (χ4n) is 3.42. The molecule has 0 radical (unpaired) electrons. The molecule has 0 bridgehead atoms. The molecule has 1 aromatic heterocycles. The van der Waals surface area contributed by atoms with Crippen LogP contribution in [0.5, 0.6) is 0 Å². The molecule has 5 heteroatoms. The maximum absolute atomic E-state index is 11.0. The lowest BCUT2D eigenvalue weighted by Crippen LogP contribution is -2.43. The van der Waals surface area contributed by atoms with Crippen LogP contribution < -0.4 is 0 Å². The van der Waals surface area contributed by atoms with E-state index in [0.717, 1.165) is 19.3 Å². The lowest BCUT2D eigenvalue weighted by atomic mass is 9.71. The first-order valence-electron chi connectivity index (χ1n) is 7.55. The summed E-state index contributed by atoms with van der Waals surface area (Å²) in [5.74, 6) is 0. The number of amides is 1. The van der Waals surface area contributed by atoms with Crippen LogP contribution in [0.4, 0.5) is 4.79 Å². The first kappa shape index (κ1) is 14.2. The van der Waals surface area contributed by atoms with Crippen molar-refractivity contribution in [3.8, 4) is 0 Å². The van der Waals surface area contributed by atoms with Gasteiger partial charge in [-0.1, -0.05) is 6.08 Å². The Morgan fingerprint density at radius 3 is 2.57 bits per heavy atom. The van der Waals surface area contributed by atoms with Gasteiger partial charge in [-0.3, -0.25) is 4.68 Å². The van der Waals surface area contributed by atoms with Crippen molar-refractivity contribution in [1.82, 2.24) is 14.7 Å². The topological polar surface area (TPSA) is 58.4 Å². The van der Waals surface area contributed by atoms with Gasteiger partial charge in [-0.15, -0.1) is 0 Å². The Morgan fingerprint density at radius 1 is 1.33 bits per heavy atom. The normalized spacial score (nSPS) is 20.6. The molecule has 0 unspecified atom stereocenters. The molecule has 1 N–H and O–H groups in total. The van der Waals surface area contributed by atoms with Crippen LogP contribution in [0.2, 0.25) is 0 Å². The fraction of sp³-hybridized carbons (Fsp3) is 0.625. The summed E-state index contributed by atoms with van der Waals surface area (Å²) >= 11 is 0. The third kappa shape index (κ3) is 2.45. The van der Waals surface area contributed by atoms with Crippen molar-refractivity contribution in [2.24, 2.45) is 5.41 Å². The third-order valence-corrected chi connectivity index (χ3v) is 4.69. The van der Waals surface area contributed by atoms with Crippen molar-refractivity contribution in [2.75, 3.05) is 13.1 Å². The number of allylic oxidation sites excluding steroid dienone is 1. The first-order valence-corrected chi connectivity index (χ1v) is 7.55. The largest absolute Gasteiger partial charge is 0.465 e. The van der Waals surface area contributed by atoms with Gasteiger partial charge < -0.3 is 10.0 Å². The van der Waals surface area contributed by atoms with Gasteiger partial charge in [-0.2, -0.15) is 5.10 Å². The minimum absolute atomic E-state index is 0.0188. The number of piperidine rings is 1. The number of nitrogens with zero attached hydrogens (tertiary/aromatic N) is 3. The molecule has 1 aromatic rings. The van der Waals surface area contributed by atoms with Gasteiger partial charge in [0.25, 0.3) is 0 Å². The molecule has 1 aliphatic carbocycles. The zero-order valence-corrected chi connectivity index (χ0v) is 13.0. The minimum Gasteiger partial charge on any atom is -0.465 e. The molecule has 5 nitrogen and oxygen atoms in total. The summed E-state index contributed by atoms with van der Waals surface area (Å²) in [5.41, 5.74) is 2.59. The van der Waals surface area contributed by atoms with E-state index in [0.29, 0.717) is 13.1 Å². The van der Waals surface area contributed by atoms with E-state index in [4.69, 9.17) is 5.11 Å². The molecule has 0 aromatic carbocycles. The maximum Gasteiger partial charge on any atom is 0.407 e. The SMILES string of the molecule is CC(C)(C)n1ncc2c1C=CC1(CCN(C(=O)O)CC1)C2. The van der Waals surface area contributed by atoms with Gasteiger partial charge in [0.15, 0.2) is 0 Å². The van der Waals surface area contributed by atoms with E-state index in [1.54, 1.807) is 0 Å². The number of carbonyl (C=O) groups is 1. The highest BCUT2D eigenvalue weighted by Gasteiger charge is 2.37. The van der Waals surface area contributed by atoms with Crippen LogP contribution in [-0.4, -0.2) is 39.0 Å². The molecule has 21 heavy (non-hydrogen) atoms. The Bertz CT molecular complexity index is 587. The highest BCUT2D eigenvalue weighted by molar-refractivity contribution is 5.65. The Kier molecular flexibility index (Phi) is 3.11. The van der Waals surface area contributed by atoms with Crippen LogP contribution in [-0.2, 0) is 12.0 Å². The van der Waals surface area contributed by atoms with Crippen molar-refractivity contribution in [3.63, 3.8) is 0 Å². The zero-order valence-electron chi connectivity index (χ0n) is 13.0. The number of carboxylic acid groups (broad SMARTS) is 1. The van der Waals surface area contributed by atoms with Crippen LogP contribution in [0.3, 0.4) is 0 Å². The van der Waals surface area contributed by atoms with Gasteiger partial charge >= 0.3 is 6.09 Å². The number of hydrogen-bond acceptors (Lipinski definition) is 2. The van der Waals surface area contributed by atoms with Crippen molar-refractivity contribution in [1.29, 1.82) is 0 Å². The number of aromatic nitrogens is 2. The molecule has 0 atom stereocenters. The average Bonchev–Trinajstić information content (AvgIpc) is 2.81. The Balaban J connectivity index is 1.82. The monoisotopic (exact) mass is 289 g/mol. The number of rotatable bonds is 0. The second-order valence-corrected chi connectivity index (χ2v) is 7.28. The summed E-state index contributed by atoms with van der Waals surface area (Å²) in [6, 6.07) is 0. The fourth-order valence-corrected chi connectivity index (χ4v) is 3.42. The number of likely N-dealkylation sites (tertiary alicyclic amines) is 1. The molecule has 2 aliphatic rings. The number of fused-ring (bicyclic) bond motifs is 1. The Labute approximate surface area is 125 Å². The van der Waals surface area contributed by atoms with E-state index in [1.165, 1.54) is 16.2 Å². The molecule has 1 spiro atoms. The van der Waals surface area contributed by atoms with Crippen molar-refractivity contribution in [2.45, 2.75) is 45.6 Å². The standard InChI is InChI=1S/C16H23N3O2/c1-15(2,3)19-13-4-5-16(10-12(13)11-17-19)6-8-18(9-7-16)14(20)21/h4-5,11H,6-10H2,1-3H3,(H,20,21). The lowest BCUT2D eigenvalue weighted by molar-refractivity contribution is 0.108. The molecule has 1 saturated heterocycles. The molecule has 0 saturated carbocycles. The summed E-state index contributed by atoms with van der Waals surface area (Å²) in [7, 11) is 0. The van der Waals surface area contributed by atoms with Gasteiger partial charge in [0.05, 0.1) is 17.4 Å². The van der Waals surface area contributed by atoms with Crippen molar-refractivity contribution < 1.29 is 9.90 Å². The number of hydrogen-bond donors (Lipinski definition) is 1. The molecular formula is C16H23N3O2. The van der Waals surface area contributed by atoms with Crippen molar-refractivity contribution in [3.05, 3.63) is 23.5 Å². The van der Waals surface area contributed by atoms with E-state index >= 15 is 0 Å². The van der Waals surface area contributed by atoms with Crippen LogP contribution in [0.1, 0.15) is 44.9 Å². The minimum atomic E-state index is -0.800. The molecule has 1 fully saturated rings. The van der Waals surface area contributed by atoms with E-state index in [2.05, 4.69) is 42.7 Å². The Hall–Kier alpha value is -1.78.